The summed E-state index contributed by atoms with van der Waals surface area (Å²) in [6.07, 6.45) is 10.00. The van der Waals surface area contributed by atoms with Crippen molar-refractivity contribution in [3.63, 3.8) is 0 Å². The van der Waals surface area contributed by atoms with Gasteiger partial charge < -0.3 is 19.4 Å². The van der Waals surface area contributed by atoms with Crippen molar-refractivity contribution in [3.8, 4) is 0 Å². The van der Waals surface area contributed by atoms with Gasteiger partial charge in [0.1, 0.15) is 5.82 Å². The molecule has 196 valence electrons. The smallest absolute Gasteiger partial charge is 0.250 e. The summed E-state index contributed by atoms with van der Waals surface area (Å²) in [6, 6.07) is 12.9. The fourth-order valence-electron chi connectivity index (χ4n) is 5.81. The van der Waals surface area contributed by atoms with Gasteiger partial charge in [-0.2, -0.15) is 0 Å². The molecule has 1 saturated carbocycles. The Bertz CT molecular complexity index is 1520. The standard InChI is InChI=1S/C30H32FN5O2/c1-34-14-10-21(15-28(34)37)24-9-13-33-16-25(24)30(38)36(23-5-6-23)19-22-18-35(17-20-7-11-32-12-8-20)27-4-2-3-26(31)29(22)27/h2-4,7-8,10-12,14-15,18,23-25,33H,5-6,9,13,16-17,19H2,1H3/t24-,25?/m1/s1. The predicted molar refractivity (Wildman–Crippen MR) is 144 cm³/mol. The minimum Gasteiger partial charge on any atom is -0.343 e. The molecule has 4 heterocycles. The van der Waals surface area contributed by atoms with E-state index in [1.54, 1.807) is 42.3 Å². The molecule has 1 aromatic carbocycles. The van der Waals surface area contributed by atoms with Crippen LogP contribution in [0.1, 0.15) is 41.9 Å². The molecule has 2 fully saturated rings. The molecule has 3 aromatic heterocycles. The van der Waals surface area contributed by atoms with Crippen LogP contribution in [0.5, 0.6) is 0 Å². The minimum absolute atomic E-state index is 0.0244. The fraction of sp³-hybridized carbons (Fsp3) is 0.367. The van der Waals surface area contributed by atoms with Crippen molar-refractivity contribution in [1.29, 1.82) is 0 Å². The zero-order chi connectivity index (χ0) is 26.2. The lowest BCUT2D eigenvalue weighted by molar-refractivity contribution is -0.138. The number of benzene rings is 1. The van der Waals surface area contributed by atoms with Crippen molar-refractivity contribution in [2.45, 2.75) is 44.3 Å². The molecule has 38 heavy (non-hydrogen) atoms. The fourth-order valence-corrected chi connectivity index (χ4v) is 5.81. The maximum atomic E-state index is 15.2. The van der Waals surface area contributed by atoms with Gasteiger partial charge in [-0.25, -0.2) is 4.39 Å². The van der Waals surface area contributed by atoms with Crippen molar-refractivity contribution in [2.24, 2.45) is 13.0 Å². The molecule has 2 aliphatic rings. The molecule has 1 saturated heterocycles. The van der Waals surface area contributed by atoms with E-state index in [1.165, 1.54) is 6.07 Å². The molecule has 7 nitrogen and oxygen atoms in total. The molecular weight excluding hydrogens is 481 g/mol. The van der Waals surface area contributed by atoms with Gasteiger partial charge in [0, 0.05) is 69.0 Å². The van der Waals surface area contributed by atoms with Gasteiger partial charge in [0.2, 0.25) is 5.91 Å². The number of pyridine rings is 2. The Balaban J connectivity index is 1.33. The molecular formula is C30H32FN5O2. The zero-order valence-electron chi connectivity index (χ0n) is 21.5. The van der Waals surface area contributed by atoms with Crippen LogP contribution in [0.4, 0.5) is 4.39 Å². The molecule has 0 radical (unpaired) electrons. The van der Waals surface area contributed by atoms with E-state index in [0.29, 0.717) is 25.0 Å². The number of rotatable bonds is 7. The first-order valence-corrected chi connectivity index (χ1v) is 13.3. The van der Waals surface area contributed by atoms with Crippen LogP contribution >= 0.6 is 0 Å². The Labute approximate surface area is 220 Å². The Kier molecular flexibility index (Phi) is 6.57. The first-order chi connectivity index (χ1) is 18.5. The third kappa shape index (κ3) is 4.76. The van der Waals surface area contributed by atoms with E-state index in [1.807, 2.05) is 35.4 Å². The number of hydrogen-bond acceptors (Lipinski definition) is 4. The van der Waals surface area contributed by atoms with Gasteiger partial charge in [0.05, 0.1) is 11.4 Å². The monoisotopic (exact) mass is 513 g/mol. The SMILES string of the molecule is Cn1ccc([C@H]2CCNCC2C(=O)N(Cc2cn(Cc3ccncc3)c3cccc(F)c23)C2CC2)cc1=O. The molecule has 1 amide bonds. The average Bonchev–Trinajstić information content (AvgIpc) is 3.72. The number of aryl methyl sites for hydroxylation is 1. The Hall–Kier alpha value is -3.78. The Morgan fingerprint density at radius 2 is 1.97 bits per heavy atom. The van der Waals surface area contributed by atoms with Crippen LogP contribution in [0.15, 0.2) is 72.0 Å². The van der Waals surface area contributed by atoms with Gasteiger partial charge in [-0.3, -0.25) is 14.6 Å². The molecule has 8 heteroatoms. The summed E-state index contributed by atoms with van der Waals surface area (Å²) >= 11 is 0. The third-order valence-corrected chi connectivity index (χ3v) is 8.00. The number of halogens is 1. The van der Waals surface area contributed by atoms with Crippen LogP contribution in [-0.2, 0) is 24.9 Å². The second kappa shape index (κ2) is 10.2. The number of carbonyl (C=O) groups excluding carboxylic acids is 1. The highest BCUT2D eigenvalue weighted by Crippen LogP contribution is 2.37. The van der Waals surface area contributed by atoms with Gasteiger partial charge >= 0.3 is 0 Å². The number of hydrogen-bond donors (Lipinski definition) is 1. The van der Waals surface area contributed by atoms with Gasteiger partial charge in [-0.1, -0.05) is 6.07 Å². The van der Waals surface area contributed by atoms with E-state index in [4.69, 9.17) is 0 Å². The van der Waals surface area contributed by atoms with E-state index in [0.717, 1.165) is 48.0 Å². The molecule has 1 N–H and O–H groups in total. The summed E-state index contributed by atoms with van der Waals surface area (Å²) < 4.78 is 18.8. The van der Waals surface area contributed by atoms with Gasteiger partial charge in [0.25, 0.3) is 5.56 Å². The number of nitrogens with one attached hydrogen (secondary N) is 1. The predicted octanol–water partition coefficient (Wildman–Crippen LogP) is 3.81. The maximum absolute atomic E-state index is 15.2. The largest absolute Gasteiger partial charge is 0.343 e. The van der Waals surface area contributed by atoms with Crippen LogP contribution in [-0.4, -0.2) is 44.1 Å². The van der Waals surface area contributed by atoms with E-state index in [9.17, 15) is 9.59 Å². The van der Waals surface area contributed by atoms with Gasteiger partial charge in [-0.15, -0.1) is 0 Å². The van der Waals surface area contributed by atoms with Crippen LogP contribution in [0, 0.1) is 11.7 Å². The second-order valence-electron chi connectivity index (χ2n) is 10.6. The summed E-state index contributed by atoms with van der Waals surface area (Å²) in [5, 5.41) is 3.96. The van der Waals surface area contributed by atoms with Gasteiger partial charge in [-0.05, 0) is 78.7 Å². The summed E-state index contributed by atoms with van der Waals surface area (Å²) in [5.74, 6) is -0.488. The van der Waals surface area contributed by atoms with Crippen molar-refractivity contribution >= 4 is 16.8 Å². The van der Waals surface area contributed by atoms with E-state index in [2.05, 4.69) is 14.9 Å². The molecule has 4 aromatic rings. The molecule has 0 spiro atoms. The Morgan fingerprint density at radius 1 is 1.16 bits per heavy atom. The highest BCUT2D eigenvalue weighted by molar-refractivity contribution is 5.86. The summed E-state index contributed by atoms with van der Waals surface area (Å²) in [6.45, 7) is 2.34. The summed E-state index contributed by atoms with van der Waals surface area (Å²) in [7, 11) is 1.73. The number of nitrogens with zero attached hydrogens (tertiary/aromatic N) is 4. The normalized spacial score (nSPS) is 19.5. The highest BCUT2D eigenvalue weighted by Gasteiger charge is 2.40. The maximum Gasteiger partial charge on any atom is 0.250 e. The van der Waals surface area contributed by atoms with Crippen LogP contribution in [0.3, 0.4) is 0 Å². The van der Waals surface area contributed by atoms with Crippen molar-refractivity contribution in [2.75, 3.05) is 13.1 Å². The van der Waals surface area contributed by atoms with Crippen molar-refractivity contribution in [1.82, 2.24) is 24.3 Å². The number of fused-ring (bicyclic) bond motifs is 1. The Morgan fingerprint density at radius 3 is 2.74 bits per heavy atom. The van der Waals surface area contributed by atoms with Crippen LogP contribution in [0.25, 0.3) is 10.9 Å². The third-order valence-electron chi connectivity index (χ3n) is 8.00. The lowest BCUT2D eigenvalue weighted by Gasteiger charge is -2.35. The summed E-state index contributed by atoms with van der Waals surface area (Å²) in [5.41, 5.74) is 3.57. The number of piperidine rings is 1. The lowest BCUT2D eigenvalue weighted by atomic mass is 9.80. The molecule has 1 unspecified atom stereocenters. The van der Waals surface area contributed by atoms with Gasteiger partial charge in [0.15, 0.2) is 0 Å². The second-order valence-corrected chi connectivity index (χ2v) is 10.6. The highest BCUT2D eigenvalue weighted by atomic mass is 19.1. The zero-order valence-corrected chi connectivity index (χ0v) is 21.5. The van der Waals surface area contributed by atoms with Crippen molar-refractivity contribution in [3.05, 3.63) is 100 Å². The molecule has 1 aliphatic heterocycles. The molecule has 2 atom stereocenters. The van der Waals surface area contributed by atoms with Crippen molar-refractivity contribution < 1.29 is 9.18 Å². The van der Waals surface area contributed by atoms with E-state index >= 15 is 4.39 Å². The number of aromatic nitrogens is 3. The lowest BCUT2D eigenvalue weighted by Crippen LogP contribution is -2.47. The summed E-state index contributed by atoms with van der Waals surface area (Å²) in [4.78, 5) is 32.5. The first-order valence-electron chi connectivity index (χ1n) is 13.3. The first kappa shape index (κ1) is 24.6. The number of amides is 1. The number of carbonyl (C=O) groups is 1. The molecule has 6 rings (SSSR count). The van der Waals surface area contributed by atoms with E-state index in [-0.39, 0.29) is 35.2 Å². The minimum atomic E-state index is -0.272. The molecule has 0 bridgehead atoms. The quantitative estimate of drug-likeness (QED) is 0.408. The van der Waals surface area contributed by atoms with E-state index < -0.39 is 0 Å². The van der Waals surface area contributed by atoms with Crippen LogP contribution < -0.4 is 10.9 Å². The average molecular weight is 514 g/mol. The molecule has 1 aliphatic carbocycles. The van der Waals surface area contributed by atoms with Crippen LogP contribution in [0.2, 0.25) is 0 Å². The topological polar surface area (TPSA) is 72.2 Å².